The quantitative estimate of drug-likeness (QED) is 0.887. The van der Waals surface area contributed by atoms with Crippen LogP contribution in [0.15, 0.2) is 24.3 Å². The fourth-order valence-electron chi connectivity index (χ4n) is 2.66. The standard InChI is InChI=1S/C15H21NO4S/c1-3-8-15(18)10-16(11-15)14(17)13-6-4-12(5-7-13)9-21(2,19)20/h4-7,18H,3,8-11H2,1-2H3. The molecule has 1 N–H and O–H groups in total. The molecule has 21 heavy (non-hydrogen) atoms. The number of benzene rings is 1. The Kier molecular flexibility index (Phi) is 4.39. The van der Waals surface area contributed by atoms with Crippen LogP contribution in [0.1, 0.15) is 35.7 Å². The number of amides is 1. The highest BCUT2D eigenvalue weighted by atomic mass is 32.2. The van der Waals surface area contributed by atoms with Gasteiger partial charge in [0.1, 0.15) is 0 Å². The highest BCUT2D eigenvalue weighted by Crippen LogP contribution is 2.27. The summed E-state index contributed by atoms with van der Waals surface area (Å²) in [5.41, 5.74) is 0.451. The molecule has 0 bridgehead atoms. The molecule has 2 rings (SSSR count). The normalized spacial score (nSPS) is 17.4. The van der Waals surface area contributed by atoms with Crippen molar-refractivity contribution in [2.24, 2.45) is 0 Å². The molecule has 1 heterocycles. The third-order valence-electron chi connectivity index (χ3n) is 3.60. The predicted molar refractivity (Wildman–Crippen MR) is 80.8 cm³/mol. The average Bonchev–Trinajstić information content (AvgIpc) is 2.34. The van der Waals surface area contributed by atoms with Gasteiger partial charge in [0.05, 0.1) is 24.4 Å². The van der Waals surface area contributed by atoms with E-state index < -0.39 is 15.4 Å². The number of likely N-dealkylation sites (tertiary alicyclic amines) is 1. The predicted octanol–water partition coefficient (Wildman–Crippen LogP) is 1.22. The first-order chi connectivity index (χ1) is 9.72. The highest BCUT2D eigenvalue weighted by Gasteiger charge is 2.42. The summed E-state index contributed by atoms with van der Waals surface area (Å²) < 4.78 is 22.4. The number of β-amino-alcohol motifs (C(OH)–C–C–N with tert-alkyl or cyclic N) is 1. The van der Waals surface area contributed by atoms with Crippen molar-refractivity contribution in [2.45, 2.75) is 31.1 Å². The van der Waals surface area contributed by atoms with E-state index in [0.29, 0.717) is 30.6 Å². The molecule has 0 aromatic heterocycles. The van der Waals surface area contributed by atoms with Crippen LogP contribution in [-0.2, 0) is 15.6 Å². The van der Waals surface area contributed by atoms with Crippen LogP contribution < -0.4 is 0 Å². The molecule has 1 aromatic rings. The van der Waals surface area contributed by atoms with E-state index in [9.17, 15) is 18.3 Å². The van der Waals surface area contributed by atoms with Crippen molar-refractivity contribution in [1.29, 1.82) is 0 Å². The van der Waals surface area contributed by atoms with Crippen LogP contribution in [0.4, 0.5) is 0 Å². The van der Waals surface area contributed by atoms with Gasteiger partial charge in [0.2, 0.25) is 0 Å². The average molecular weight is 311 g/mol. The molecule has 1 aliphatic heterocycles. The Labute approximate surface area is 125 Å². The summed E-state index contributed by atoms with van der Waals surface area (Å²) >= 11 is 0. The number of nitrogens with zero attached hydrogens (tertiary/aromatic N) is 1. The second-order valence-corrected chi connectivity index (χ2v) is 8.04. The summed E-state index contributed by atoms with van der Waals surface area (Å²) in [6.45, 7) is 2.73. The number of aliphatic hydroxyl groups is 1. The Morgan fingerprint density at radius 1 is 1.29 bits per heavy atom. The Bertz CT molecular complexity index is 616. The minimum absolute atomic E-state index is 0.0264. The van der Waals surface area contributed by atoms with Gasteiger partial charge in [-0.1, -0.05) is 25.5 Å². The fraction of sp³-hybridized carbons (Fsp3) is 0.533. The van der Waals surface area contributed by atoms with E-state index in [1.54, 1.807) is 29.2 Å². The molecule has 6 heteroatoms. The molecule has 0 saturated carbocycles. The number of rotatable bonds is 5. The van der Waals surface area contributed by atoms with Crippen molar-refractivity contribution < 1.29 is 18.3 Å². The molecular weight excluding hydrogens is 290 g/mol. The molecule has 1 amide bonds. The molecule has 0 spiro atoms. The van der Waals surface area contributed by atoms with Crippen LogP contribution in [0, 0.1) is 0 Å². The SMILES string of the molecule is CCCC1(O)CN(C(=O)c2ccc(CS(C)(=O)=O)cc2)C1. The van der Waals surface area contributed by atoms with Gasteiger partial charge < -0.3 is 10.0 Å². The van der Waals surface area contributed by atoms with Gasteiger partial charge in [-0.3, -0.25) is 4.79 Å². The molecule has 0 radical (unpaired) electrons. The van der Waals surface area contributed by atoms with Crippen molar-refractivity contribution in [3.05, 3.63) is 35.4 Å². The lowest BCUT2D eigenvalue weighted by atomic mass is 9.88. The van der Waals surface area contributed by atoms with Crippen molar-refractivity contribution in [1.82, 2.24) is 4.90 Å². The molecule has 116 valence electrons. The van der Waals surface area contributed by atoms with Crippen LogP contribution in [0.25, 0.3) is 0 Å². The summed E-state index contributed by atoms with van der Waals surface area (Å²) in [6.07, 6.45) is 2.77. The van der Waals surface area contributed by atoms with Crippen LogP contribution in [0.3, 0.4) is 0 Å². The largest absolute Gasteiger partial charge is 0.386 e. The first kappa shape index (κ1) is 16.0. The van der Waals surface area contributed by atoms with Crippen LogP contribution >= 0.6 is 0 Å². The number of hydrogen-bond acceptors (Lipinski definition) is 4. The molecule has 5 nitrogen and oxygen atoms in total. The van der Waals surface area contributed by atoms with E-state index >= 15 is 0 Å². The summed E-state index contributed by atoms with van der Waals surface area (Å²) in [4.78, 5) is 13.8. The molecule has 1 aromatic carbocycles. The maximum Gasteiger partial charge on any atom is 0.254 e. The maximum atomic E-state index is 12.2. The number of hydrogen-bond donors (Lipinski definition) is 1. The fourth-order valence-corrected chi connectivity index (χ4v) is 3.46. The third kappa shape index (κ3) is 4.04. The minimum atomic E-state index is -3.07. The number of sulfone groups is 1. The third-order valence-corrected chi connectivity index (χ3v) is 4.46. The summed E-state index contributed by atoms with van der Waals surface area (Å²) in [7, 11) is -3.07. The smallest absolute Gasteiger partial charge is 0.254 e. The van der Waals surface area contributed by atoms with Gasteiger partial charge >= 0.3 is 0 Å². The highest BCUT2D eigenvalue weighted by molar-refractivity contribution is 7.89. The molecule has 0 unspecified atom stereocenters. The van der Waals surface area contributed by atoms with Crippen LogP contribution in [0.2, 0.25) is 0 Å². The van der Waals surface area contributed by atoms with E-state index in [-0.39, 0.29) is 11.7 Å². The second kappa shape index (κ2) is 5.77. The second-order valence-electron chi connectivity index (χ2n) is 5.90. The number of carbonyl (C=O) groups is 1. The Balaban J connectivity index is 1.99. The van der Waals surface area contributed by atoms with E-state index in [2.05, 4.69) is 0 Å². The Morgan fingerprint density at radius 3 is 2.33 bits per heavy atom. The zero-order valence-electron chi connectivity index (χ0n) is 12.4. The van der Waals surface area contributed by atoms with Gasteiger partial charge in [0.25, 0.3) is 5.91 Å². The Morgan fingerprint density at radius 2 is 1.86 bits per heavy atom. The van der Waals surface area contributed by atoms with Gasteiger partial charge in [0.15, 0.2) is 9.84 Å². The van der Waals surface area contributed by atoms with E-state index in [4.69, 9.17) is 0 Å². The first-order valence-corrected chi connectivity index (χ1v) is 9.07. The molecule has 1 saturated heterocycles. The van der Waals surface area contributed by atoms with Crippen LogP contribution in [0.5, 0.6) is 0 Å². The van der Waals surface area contributed by atoms with Crippen molar-refractivity contribution >= 4 is 15.7 Å². The molecule has 1 fully saturated rings. The van der Waals surface area contributed by atoms with Gasteiger partial charge in [-0.05, 0) is 24.1 Å². The van der Waals surface area contributed by atoms with Gasteiger partial charge in [-0.15, -0.1) is 0 Å². The summed E-state index contributed by atoms with van der Waals surface area (Å²) in [5, 5.41) is 10.1. The lowest BCUT2D eigenvalue weighted by Gasteiger charge is -2.46. The summed E-state index contributed by atoms with van der Waals surface area (Å²) in [6, 6.07) is 6.60. The molecule has 0 atom stereocenters. The van der Waals surface area contributed by atoms with Gasteiger partial charge in [-0.25, -0.2) is 8.42 Å². The topological polar surface area (TPSA) is 74.7 Å². The Hall–Kier alpha value is -1.40. The van der Waals surface area contributed by atoms with Gasteiger partial charge in [-0.2, -0.15) is 0 Å². The van der Waals surface area contributed by atoms with E-state index in [0.717, 1.165) is 6.42 Å². The monoisotopic (exact) mass is 311 g/mol. The minimum Gasteiger partial charge on any atom is -0.386 e. The van der Waals surface area contributed by atoms with Crippen molar-refractivity contribution in [3.8, 4) is 0 Å². The zero-order chi connectivity index (χ0) is 15.7. The molecule has 1 aliphatic rings. The summed E-state index contributed by atoms with van der Waals surface area (Å²) in [5.74, 6) is -0.150. The lowest BCUT2D eigenvalue weighted by molar-refractivity contribution is -0.0860. The van der Waals surface area contributed by atoms with E-state index in [1.807, 2.05) is 6.92 Å². The van der Waals surface area contributed by atoms with E-state index in [1.165, 1.54) is 6.26 Å². The van der Waals surface area contributed by atoms with Crippen molar-refractivity contribution in [2.75, 3.05) is 19.3 Å². The van der Waals surface area contributed by atoms with Gasteiger partial charge in [0, 0.05) is 11.8 Å². The first-order valence-electron chi connectivity index (χ1n) is 7.01. The lowest BCUT2D eigenvalue weighted by Crippen LogP contribution is -2.63. The number of carbonyl (C=O) groups excluding carboxylic acids is 1. The van der Waals surface area contributed by atoms with Crippen LogP contribution in [-0.4, -0.2) is 49.3 Å². The maximum absolute atomic E-state index is 12.2. The molecule has 0 aliphatic carbocycles. The van der Waals surface area contributed by atoms with Crippen molar-refractivity contribution in [3.63, 3.8) is 0 Å². The zero-order valence-corrected chi connectivity index (χ0v) is 13.2. The molecular formula is C15H21NO4S.